The van der Waals surface area contributed by atoms with E-state index < -0.39 is 18.3 Å². The summed E-state index contributed by atoms with van der Waals surface area (Å²) >= 11 is 12.3. The minimum Gasteiger partial charge on any atom is -0.382 e. The third kappa shape index (κ3) is 4.98. The van der Waals surface area contributed by atoms with E-state index in [1.165, 1.54) is 11.1 Å². The first-order chi connectivity index (χ1) is 13.1. The molecule has 1 aliphatic rings. The zero-order valence-corrected chi connectivity index (χ0v) is 16.6. The van der Waals surface area contributed by atoms with Crippen LogP contribution in [-0.4, -0.2) is 47.0 Å². The molecule has 1 fully saturated rings. The average Bonchev–Trinajstić information content (AvgIpc) is 3.04. The summed E-state index contributed by atoms with van der Waals surface area (Å²) in [5.41, 5.74) is 1.22. The van der Waals surface area contributed by atoms with Crippen molar-refractivity contribution in [2.24, 2.45) is 5.92 Å². The Labute approximate surface area is 170 Å². The van der Waals surface area contributed by atoms with Crippen LogP contribution in [0, 0.1) is 12.8 Å². The molecule has 1 aromatic carbocycles. The molecule has 2 aromatic rings. The third-order valence-corrected chi connectivity index (χ3v) is 5.45. The predicted octanol–water partition coefficient (Wildman–Crippen LogP) is 4.14. The molecule has 1 aromatic heterocycles. The van der Waals surface area contributed by atoms with Crippen molar-refractivity contribution in [2.75, 3.05) is 31.5 Å². The Balaban J connectivity index is 1.67. The molecule has 1 aliphatic heterocycles. The van der Waals surface area contributed by atoms with Crippen LogP contribution in [0.3, 0.4) is 0 Å². The monoisotopic (exact) mass is 434 g/mol. The maximum absolute atomic E-state index is 12.5. The fourth-order valence-electron chi connectivity index (χ4n) is 3.18. The lowest BCUT2D eigenvalue weighted by Gasteiger charge is -2.18. The molecule has 1 N–H and O–H groups in total. The highest BCUT2D eigenvalue weighted by atomic mass is 35.5. The molecule has 10 heteroatoms. The van der Waals surface area contributed by atoms with Gasteiger partial charge in [0.1, 0.15) is 5.02 Å². The summed E-state index contributed by atoms with van der Waals surface area (Å²) in [6.07, 6.45) is -2.12. The van der Waals surface area contributed by atoms with Gasteiger partial charge in [-0.05, 0) is 43.5 Å². The summed E-state index contributed by atoms with van der Waals surface area (Å²) in [7, 11) is 0. The molecular formula is C18H19Cl2F3N4O. The van der Waals surface area contributed by atoms with Crippen LogP contribution in [0.2, 0.25) is 10.0 Å². The van der Waals surface area contributed by atoms with Crippen molar-refractivity contribution < 1.29 is 13.2 Å². The quantitative estimate of drug-likeness (QED) is 0.767. The summed E-state index contributed by atoms with van der Waals surface area (Å²) in [5, 5.41) is 7.64. The highest BCUT2D eigenvalue weighted by Crippen LogP contribution is 2.24. The summed E-state index contributed by atoms with van der Waals surface area (Å²) in [5.74, 6) is 0.0387. The van der Waals surface area contributed by atoms with E-state index in [1.54, 1.807) is 18.2 Å². The molecule has 5 nitrogen and oxygen atoms in total. The van der Waals surface area contributed by atoms with Crippen LogP contribution in [0.25, 0.3) is 5.69 Å². The summed E-state index contributed by atoms with van der Waals surface area (Å²) in [6.45, 7) is 2.10. The van der Waals surface area contributed by atoms with E-state index >= 15 is 0 Å². The van der Waals surface area contributed by atoms with Crippen molar-refractivity contribution in [1.82, 2.24) is 14.7 Å². The van der Waals surface area contributed by atoms with Crippen LogP contribution in [0.15, 0.2) is 29.2 Å². The van der Waals surface area contributed by atoms with E-state index in [-0.39, 0.29) is 10.9 Å². The van der Waals surface area contributed by atoms with Gasteiger partial charge in [-0.3, -0.25) is 9.69 Å². The first-order valence-corrected chi connectivity index (χ1v) is 9.47. The second-order valence-corrected chi connectivity index (χ2v) is 7.69. The Hall–Kier alpha value is -1.77. The van der Waals surface area contributed by atoms with Crippen LogP contribution in [0.1, 0.15) is 12.0 Å². The topological polar surface area (TPSA) is 50.2 Å². The fourth-order valence-corrected chi connectivity index (χ4v) is 3.55. The lowest BCUT2D eigenvalue weighted by atomic mass is 10.1. The standard InChI is InChI=1S/C18H19Cl2F3N4O/c1-11-2-3-13(6-14(11)19)27-17(28)16(20)15(8-25-27)24-7-12-4-5-26(9-12)10-18(21,22)23/h2-3,6,8,12,24H,4-5,7,9-10H2,1H3. The van der Waals surface area contributed by atoms with E-state index in [4.69, 9.17) is 23.2 Å². The minimum atomic E-state index is -4.20. The molecule has 0 saturated carbocycles. The Morgan fingerprint density at radius 1 is 1.32 bits per heavy atom. The molecule has 0 bridgehead atoms. The number of nitrogens with zero attached hydrogens (tertiary/aromatic N) is 3. The maximum Gasteiger partial charge on any atom is 0.401 e. The molecule has 0 aliphatic carbocycles. The number of halogens is 5. The van der Waals surface area contributed by atoms with Gasteiger partial charge in [-0.2, -0.15) is 23.0 Å². The molecule has 3 rings (SSSR count). The molecule has 0 spiro atoms. The number of alkyl halides is 3. The number of likely N-dealkylation sites (tertiary alicyclic amines) is 1. The van der Waals surface area contributed by atoms with Gasteiger partial charge in [0.2, 0.25) is 0 Å². The second-order valence-electron chi connectivity index (χ2n) is 6.91. The van der Waals surface area contributed by atoms with E-state index in [1.807, 2.05) is 6.92 Å². The Morgan fingerprint density at radius 3 is 2.75 bits per heavy atom. The molecule has 152 valence electrons. The van der Waals surface area contributed by atoms with Gasteiger partial charge < -0.3 is 5.32 Å². The SMILES string of the molecule is Cc1ccc(-n2ncc(NCC3CCN(CC(F)(F)F)C3)c(Cl)c2=O)cc1Cl. The molecule has 2 heterocycles. The van der Waals surface area contributed by atoms with E-state index in [9.17, 15) is 18.0 Å². The number of hydrogen-bond donors (Lipinski definition) is 1. The molecular weight excluding hydrogens is 416 g/mol. The smallest absolute Gasteiger partial charge is 0.382 e. The number of benzene rings is 1. The summed E-state index contributed by atoms with van der Waals surface area (Å²) in [4.78, 5) is 13.9. The van der Waals surface area contributed by atoms with Gasteiger partial charge in [0.05, 0.1) is 24.1 Å². The zero-order chi connectivity index (χ0) is 20.5. The number of aromatic nitrogens is 2. The Morgan fingerprint density at radius 2 is 2.07 bits per heavy atom. The van der Waals surface area contributed by atoms with Crippen LogP contribution < -0.4 is 10.9 Å². The minimum absolute atomic E-state index is 0.0307. The molecule has 28 heavy (non-hydrogen) atoms. The van der Waals surface area contributed by atoms with Gasteiger partial charge in [0.25, 0.3) is 5.56 Å². The Bertz CT molecular complexity index is 917. The number of rotatable bonds is 5. The Kier molecular flexibility index (Phi) is 6.21. The van der Waals surface area contributed by atoms with Gasteiger partial charge in [0, 0.05) is 18.1 Å². The van der Waals surface area contributed by atoms with Crippen molar-refractivity contribution in [3.8, 4) is 5.69 Å². The van der Waals surface area contributed by atoms with Gasteiger partial charge in [0.15, 0.2) is 0 Å². The normalized spacial score (nSPS) is 17.9. The molecule has 0 amide bonds. The van der Waals surface area contributed by atoms with Crippen molar-refractivity contribution in [2.45, 2.75) is 19.5 Å². The van der Waals surface area contributed by atoms with Crippen LogP contribution in [0.4, 0.5) is 18.9 Å². The number of hydrogen-bond acceptors (Lipinski definition) is 4. The van der Waals surface area contributed by atoms with Crippen LogP contribution >= 0.6 is 23.2 Å². The van der Waals surface area contributed by atoms with Crippen molar-refractivity contribution >= 4 is 28.9 Å². The van der Waals surface area contributed by atoms with Crippen molar-refractivity contribution in [1.29, 1.82) is 0 Å². The number of anilines is 1. The first-order valence-electron chi connectivity index (χ1n) is 8.71. The van der Waals surface area contributed by atoms with Crippen LogP contribution in [-0.2, 0) is 0 Å². The van der Waals surface area contributed by atoms with E-state index in [0.29, 0.717) is 42.5 Å². The second kappa shape index (κ2) is 8.31. The van der Waals surface area contributed by atoms with Gasteiger partial charge >= 0.3 is 6.18 Å². The molecule has 1 saturated heterocycles. The molecule has 0 radical (unpaired) electrons. The van der Waals surface area contributed by atoms with Crippen LogP contribution in [0.5, 0.6) is 0 Å². The van der Waals surface area contributed by atoms with E-state index in [0.717, 1.165) is 10.2 Å². The summed E-state index contributed by atoms with van der Waals surface area (Å²) in [6, 6.07) is 5.12. The first kappa shape index (κ1) is 21.0. The van der Waals surface area contributed by atoms with E-state index in [2.05, 4.69) is 10.4 Å². The number of aryl methyl sites for hydroxylation is 1. The summed E-state index contributed by atoms with van der Waals surface area (Å²) < 4.78 is 38.6. The van der Waals surface area contributed by atoms with Crippen molar-refractivity contribution in [3.63, 3.8) is 0 Å². The molecule has 1 atom stereocenters. The maximum atomic E-state index is 12.5. The largest absolute Gasteiger partial charge is 0.401 e. The predicted molar refractivity (Wildman–Crippen MR) is 104 cm³/mol. The molecule has 1 unspecified atom stereocenters. The number of nitrogens with one attached hydrogen (secondary N) is 1. The lowest BCUT2D eigenvalue weighted by molar-refractivity contribution is -0.143. The highest BCUT2D eigenvalue weighted by Gasteiger charge is 2.34. The lowest BCUT2D eigenvalue weighted by Crippen LogP contribution is -2.33. The van der Waals surface area contributed by atoms with Gasteiger partial charge in [-0.1, -0.05) is 29.3 Å². The average molecular weight is 435 g/mol. The third-order valence-electron chi connectivity index (χ3n) is 4.67. The van der Waals surface area contributed by atoms with Gasteiger partial charge in [-0.15, -0.1) is 0 Å². The van der Waals surface area contributed by atoms with Crippen molar-refractivity contribution in [3.05, 3.63) is 50.4 Å². The fraction of sp³-hybridized carbons (Fsp3) is 0.444. The van der Waals surface area contributed by atoms with Gasteiger partial charge in [-0.25, -0.2) is 0 Å². The highest BCUT2D eigenvalue weighted by molar-refractivity contribution is 6.33. The zero-order valence-electron chi connectivity index (χ0n) is 15.1.